The predicted octanol–water partition coefficient (Wildman–Crippen LogP) is 2.06. The molecule has 2 N–H and O–H groups in total. The van der Waals surface area contributed by atoms with Gasteiger partial charge in [-0.05, 0) is 13.0 Å². The van der Waals surface area contributed by atoms with Gasteiger partial charge in [-0.3, -0.25) is 0 Å². The van der Waals surface area contributed by atoms with Crippen molar-refractivity contribution in [2.75, 3.05) is 33.9 Å². The van der Waals surface area contributed by atoms with Crippen molar-refractivity contribution in [2.45, 2.75) is 18.2 Å². The van der Waals surface area contributed by atoms with Crippen molar-refractivity contribution in [3.8, 4) is 11.5 Å². The Kier molecular flexibility index (Phi) is 9.79. The number of halogens is 2. The molecule has 128 valence electrons. The molecule has 1 aromatic rings. The molecule has 0 spiro atoms. The van der Waals surface area contributed by atoms with Crippen LogP contribution in [0.15, 0.2) is 17.0 Å². The molecule has 0 heterocycles. The zero-order chi connectivity index (χ0) is 15.9. The van der Waals surface area contributed by atoms with Crippen LogP contribution in [0.5, 0.6) is 11.5 Å². The van der Waals surface area contributed by atoms with Gasteiger partial charge in [0.1, 0.15) is 4.90 Å². The molecule has 0 amide bonds. The smallest absolute Gasteiger partial charge is 0.242 e. The molecule has 0 saturated heterocycles. The van der Waals surface area contributed by atoms with Crippen LogP contribution in [0.25, 0.3) is 0 Å². The topological polar surface area (TPSA) is 76.7 Å². The third-order valence-electron chi connectivity index (χ3n) is 2.75. The van der Waals surface area contributed by atoms with Gasteiger partial charge in [0.25, 0.3) is 0 Å². The second-order valence-electron chi connectivity index (χ2n) is 4.29. The van der Waals surface area contributed by atoms with Gasteiger partial charge in [-0.1, -0.05) is 18.5 Å². The molecule has 22 heavy (non-hydrogen) atoms. The Balaban J connectivity index is 0.00000441. The van der Waals surface area contributed by atoms with Crippen LogP contribution >= 0.6 is 24.0 Å². The normalized spacial score (nSPS) is 10.9. The van der Waals surface area contributed by atoms with Crippen LogP contribution in [0.3, 0.4) is 0 Å². The fraction of sp³-hybridized carbons (Fsp3) is 0.538. The van der Waals surface area contributed by atoms with Crippen molar-refractivity contribution in [1.29, 1.82) is 0 Å². The summed E-state index contributed by atoms with van der Waals surface area (Å²) in [6.07, 6.45) is 0.994. The molecule has 1 rings (SSSR count). The molecule has 0 saturated carbocycles. The first kappa shape index (κ1) is 21.3. The molecule has 0 radical (unpaired) electrons. The molecule has 6 nitrogen and oxygen atoms in total. The van der Waals surface area contributed by atoms with Gasteiger partial charge < -0.3 is 14.8 Å². The number of hydrogen-bond donors (Lipinski definition) is 2. The summed E-state index contributed by atoms with van der Waals surface area (Å²) in [4.78, 5) is -0.0303. The summed E-state index contributed by atoms with van der Waals surface area (Å²) in [6, 6.07) is 2.77. The summed E-state index contributed by atoms with van der Waals surface area (Å²) >= 11 is 6.01. The molecule has 0 atom stereocenters. The number of rotatable bonds is 9. The van der Waals surface area contributed by atoms with Crippen molar-refractivity contribution in [2.24, 2.45) is 0 Å². The van der Waals surface area contributed by atoms with E-state index in [9.17, 15) is 8.42 Å². The lowest BCUT2D eigenvalue weighted by Gasteiger charge is -2.13. The Hall–Kier alpha value is -0.730. The molecule has 0 aliphatic carbocycles. The van der Waals surface area contributed by atoms with E-state index >= 15 is 0 Å². The Morgan fingerprint density at radius 1 is 1.09 bits per heavy atom. The molecule has 9 heteroatoms. The SMILES string of the molecule is CCCNCCNS(=O)(=O)c1cc(OC)c(OC)cc1Cl.Cl. The van der Waals surface area contributed by atoms with E-state index in [1.165, 1.54) is 26.4 Å². The summed E-state index contributed by atoms with van der Waals surface area (Å²) in [7, 11) is -0.800. The van der Waals surface area contributed by atoms with Crippen molar-refractivity contribution in [1.82, 2.24) is 10.0 Å². The summed E-state index contributed by atoms with van der Waals surface area (Å²) in [5.41, 5.74) is 0. The van der Waals surface area contributed by atoms with Gasteiger partial charge in [0.05, 0.1) is 19.2 Å². The first-order valence-electron chi connectivity index (χ1n) is 6.58. The largest absolute Gasteiger partial charge is 0.493 e. The van der Waals surface area contributed by atoms with Crippen LogP contribution in [0.4, 0.5) is 0 Å². The van der Waals surface area contributed by atoms with Crippen LogP contribution in [-0.2, 0) is 10.0 Å². The Bertz CT molecular complexity index is 567. The van der Waals surface area contributed by atoms with E-state index in [4.69, 9.17) is 21.1 Å². The summed E-state index contributed by atoms with van der Waals surface area (Å²) in [5, 5.41) is 3.19. The second kappa shape index (κ2) is 10.1. The van der Waals surface area contributed by atoms with E-state index < -0.39 is 10.0 Å². The van der Waals surface area contributed by atoms with Crippen LogP contribution in [0.2, 0.25) is 5.02 Å². The monoisotopic (exact) mass is 372 g/mol. The molecule has 1 aromatic carbocycles. The Morgan fingerprint density at radius 2 is 1.68 bits per heavy atom. The van der Waals surface area contributed by atoms with Crippen LogP contribution in [0.1, 0.15) is 13.3 Å². The lowest BCUT2D eigenvalue weighted by atomic mass is 10.3. The fourth-order valence-electron chi connectivity index (χ4n) is 1.69. The van der Waals surface area contributed by atoms with Crippen molar-refractivity contribution in [3.05, 3.63) is 17.2 Å². The predicted molar refractivity (Wildman–Crippen MR) is 90.2 cm³/mol. The summed E-state index contributed by atoms with van der Waals surface area (Å²) < 4.78 is 37.1. The number of hydrogen-bond acceptors (Lipinski definition) is 5. The summed E-state index contributed by atoms with van der Waals surface area (Å²) in [6.45, 7) is 3.73. The molecule has 0 fully saturated rings. The molecular formula is C13H22Cl2N2O4S. The lowest BCUT2D eigenvalue weighted by Crippen LogP contribution is -2.32. The van der Waals surface area contributed by atoms with Gasteiger partial charge in [0.2, 0.25) is 10.0 Å². The van der Waals surface area contributed by atoms with Crippen LogP contribution in [0, 0.1) is 0 Å². The van der Waals surface area contributed by atoms with E-state index in [1.54, 1.807) is 0 Å². The van der Waals surface area contributed by atoms with E-state index in [1.807, 2.05) is 6.92 Å². The van der Waals surface area contributed by atoms with Gasteiger partial charge in [-0.15, -0.1) is 12.4 Å². The first-order valence-corrected chi connectivity index (χ1v) is 8.44. The molecule has 0 aromatic heterocycles. The number of nitrogens with one attached hydrogen (secondary N) is 2. The van der Waals surface area contributed by atoms with Crippen molar-refractivity contribution >= 4 is 34.0 Å². The van der Waals surface area contributed by atoms with Crippen molar-refractivity contribution in [3.63, 3.8) is 0 Å². The molecule has 0 bridgehead atoms. The first-order chi connectivity index (χ1) is 9.96. The number of benzene rings is 1. The molecule has 0 aliphatic rings. The van der Waals surface area contributed by atoms with E-state index in [-0.39, 0.29) is 28.9 Å². The standard InChI is InChI=1S/C13H21ClN2O4S.ClH/c1-4-5-15-6-7-16-21(17,18)13-9-12(20-3)11(19-2)8-10(13)14;/h8-9,15-16H,4-7H2,1-3H3;1H. The van der Waals surface area contributed by atoms with Gasteiger partial charge >= 0.3 is 0 Å². The average molecular weight is 373 g/mol. The maximum atomic E-state index is 12.2. The number of sulfonamides is 1. The minimum absolute atomic E-state index is 0. The third-order valence-corrected chi connectivity index (χ3v) is 4.67. The van der Waals surface area contributed by atoms with E-state index in [0.29, 0.717) is 18.0 Å². The Labute approximate surface area is 143 Å². The van der Waals surface area contributed by atoms with Crippen LogP contribution in [-0.4, -0.2) is 42.3 Å². The van der Waals surface area contributed by atoms with E-state index in [2.05, 4.69) is 10.0 Å². The van der Waals surface area contributed by atoms with Gasteiger partial charge in [-0.25, -0.2) is 13.1 Å². The van der Waals surface area contributed by atoms with Gasteiger partial charge in [0, 0.05) is 25.2 Å². The zero-order valence-electron chi connectivity index (χ0n) is 12.8. The molecule has 0 unspecified atom stereocenters. The zero-order valence-corrected chi connectivity index (χ0v) is 15.2. The fourth-order valence-corrected chi connectivity index (χ4v) is 3.26. The van der Waals surface area contributed by atoms with Crippen LogP contribution < -0.4 is 19.5 Å². The maximum Gasteiger partial charge on any atom is 0.242 e. The van der Waals surface area contributed by atoms with E-state index in [0.717, 1.165) is 13.0 Å². The summed E-state index contributed by atoms with van der Waals surface area (Å²) in [5.74, 6) is 0.692. The molecular weight excluding hydrogens is 351 g/mol. The highest BCUT2D eigenvalue weighted by Gasteiger charge is 2.21. The highest BCUT2D eigenvalue weighted by molar-refractivity contribution is 7.89. The highest BCUT2D eigenvalue weighted by atomic mass is 35.5. The molecule has 0 aliphatic heterocycles. The van der Waals surface area contributed by atoms with Gasteiger partial charge in [0.15, 0.2) is 11.5 Å². The Morgan fingerprint density at radius 3 is 2.23 bits per heavy atom. The third kappa shape index (κ3) is 5.81. The second-order valence-corrected chi connectivity index (χ2v) is 6.43. The quantitative estimate of drug-likeness (QED) is 0.648. The number of methoxy groups -OCH3 is 2. The minimum atomic E-state index is -3.69. The van der Waals surface area contributed by atoms with Gasteiger partial charge in [-0.2, -0.15) is 0 Å². The van der Waals surface area contributed by atoms with Crippen molar-refractivity contribution < 1.29 is 17.9 Å². The lowest BCUT2D eigenvalue weighted by molar-refractivity contribution is 0.354. The maximum absolute atomic E-state index is 12.2. The number of ether oxygens (including phenoxy) is 2. The minimum Gasteiger partial charge on any atom is -0.493 e. The average Bonchev–Trinajstić information content (AvgIpc) is 2.46. The highest BCUT2D eigenvalue weighted by Crippen LogP contribution is 2.35.